The van der Waals surface area contributed by atoms with Gasteiger partial charge in [0.15, 0.2) is 0 Å². The molecular formula is C17H12ClN3S. The fraction of sp³-hybridized carbons (Fsp3) is 0.0588. The van der Waals surface area contributed by atoms with Gasteiger partial charge >= 0.3 is 0 Å². The van der Waals surface area contributed by atoms with E-state index in [4.69, 9.17) is 11.6 Å². The van der Waals surface area contributed by atoms with Crippen LogP contribution in [0.3, 0.4) is 0 Å². The molecule has 0 atom stereocenters. The zero-order chi connectivity index (χ0) is 15.1. The number of aromatic nitrogens is 3. The normalized spacial score (nSPS) is 11.4. The monoisotopic (exact) mass is 325 g/mol. The average Bonchev–Trinajstić information content (AvgIpc) is 2.89. The number of aromatic amines is 1. The fourth-order valence-electron chi connectivity index (χ4n) is 2.48. The van der Waals surface area contributed by atoms with Crippen LogP contribution in [0.2, 0.25) is 5.02 Å². The van der Waals surface area contributed by atoms with E-state index >= 15 is 0 Å². The smallest absolute Gasteiger partial charge is 0.128 e. The maximum absolute atomic E-state index is 5.94. The van der Waals surface area contributed by atoms with E-state index in [0.717, 1.165) is 36.9 Å². The zero-order valence-electron chi connectivity index (χ0n) is 11.8. The Morgan fingerprint density at radius 2 is 1.86 bits per heavy atom. The number of H-pyrrole nitrogens is 1. The third kappa shape index (κ3) is 2.34. The maximum atomic E-state index is 5.94. The molecule has 5 heteroatoms. The van der Waals surface area contributed by atoms with Gasteiger partial charge < -0.3 is 4.98 Å². The predicted octanol–water partition coefficient (Wildman–Crippen LogP) is 5.22. The van der Waals surface area contributed by atoms with Crippen LogP contribution in [-0.2, 0) is 0 Å². The highest BCUT2D eigenvalue weighted by Gasteiger charge is 2.11. The molecule has 108 valence electrons. The van der Waals surface area contributed by atoms with Crippen LogP contribution in [0.25, 0.3) is 21.9 Å². The van der Waals surface area contributed by atoms with Gasteiger partial charge in [-0.3, -0.25) is 0 Å². The molecule has 0 amide bonds. The van der Waals surface area contributed by atoms with Crippen molar-refractivity contribution in [3.63, 3.8) is 0 Å². The van der Waals surface area contributed by atoms with Gasteiger partial charge in [0.05, 0.1) is 5.52 Å². The Kier molecular flexibility index (Phi) is 3.28. The second-order valence-electron chi connectivity index (χ2n) is 5.13. The highest BCUT2D eigenvalue weighted by atomic mass is 35.5. The Morgan fingerprint density at radius 1 is 1.05 bits per heavy atom. The number of nitrogens with zero attached hydrogens (tertiary/aromatic N) is 2. The number of hydrogen-bond donors (Lipinski definition) is 1. The number of nitrogens with one attached hydrogen (secondary N) is 1. The number of rotatable bonds is 2. The summed E-state index contributed by atoms with van der Waals surface area (Å²) in [5.41, 5.74) is 4.24. The van der Waals surface area contributed by atoms with E-state index in [9.17, 15) is 0 Å². The van der Waals surface area contributed by atoms with Crippen LogP contribution < -0.4 is 0 Å². The molecule has 1 N–H and O–H groups in total. The minimum absolute atomic E-state index is 0.735. The summed E-state index contributed by atoms with van der Waals surface area (Å²) >= 11 is 7.54. The van der Waals surface area contributed by atoms with Crippen LogP contribution >= 0.6 is 23.4 Å². The van der Waals surface area contributed by atoms with Crippen LogP contribution in [0.15, 0.2) is 58.7 Å². The first-order valence-corrected chi connectivity index (χ1v) is 8.06. The molecule has 4 aromatic rings. The van der Waals surface area contributed by atoms with E-state index < -0.39 is 0 Å². The van der Waals surface area contributed by atoms with E-state index in [1.54, 1.807) is 18.1 Å². The van der Waals surface area contributed by atoms with Gasteiger partial charge in [0.2, 0.25) is 0 Å². The molecule has 0 fully saturated rings. The molecule has 0 aliphatic heterocycles. The molecule has 2 aromatic heterocycles. The Morgan fingerprint density at radius 3 is 2.68 bits per heavy atom. The highest BCUT2D eigenvalue weighted by Crippen LogP contribution is 2.34. The molecule has 3 nitrogen and oxygen atoms in total. The van der Waals surface area contributed by atoms with Gasteiger partial charge in [-0.05, 0) is 43.3 Å². The van der Waals surface area contributed by atoms with Gasteiger partial charge in [-0.15, -0.1) is 0 Å². The predicted molar refractivity (Wildman–Crippen MR) is 91.7 cm³/mol. The lowest BCUT2D eigenvalue weighted by atomic mass is 10.2. The first kappa shape index (κ1) is 13.6. The van der Waals surface area contributed by atoms with Crippen LogP contribution in [0.5, 0.6) is 0 Å². The van der Waals surface area contributed by atoms with E-state index in [1.165, 1.54) is 5.56 Å². The lowest BCUT2D eigenvalue weighted by Crippen LogP contribution is -1.85. The molecule has 0 aliphatic carbocycles. The quantitative estimate of drug-likeness (QED) is 0.513. The van der Waals surface area contributed by atoms with Crippen molar-refractivity contribution >= 4 is 45.3 Å². The summed E-state index contributed by atoms with van der Waals surface area (Å²) in [6.45, 7) is 2.09. The van der Waals surface area contributed by atoms with Crippen molar-refractivity contribution in [3.8, 4) is 0 Å². The second kappa shape index (κ2) is 5.30. The third-order valence-corrected chi connectivity index (χ3v) is 4.79. The van der Waals surface area contributed by atoms with Gasteiger partial charge in [0, 0.05) is 20.8 Å². The summed E-state index contributed by atoms with van der Waals surface area (Å²) in [4.78, 5) is 13.4. The van der Waals surface area contributed by atoms with E-state index in [0.29, 0.717) is 0 Å². The Hall–Kier alpha value is -2.04. The standard InChI is InChI=1S/C17H12ClN3S/c1-10-2-7-14-13(8-10)15-16(21-14)17(20-9-19-15)22-12-5-3-11(18)4-6-12/h2-9,21H,1H3. The SMILES string of the molecule is Cc1ccc2[nH]c3c(Sc4ccc(Cl)cc4)ncnc3c2c1. The Balaban J connectivity index is 1.87. The maximum Gasteiger partial charge on any atom is 0.128 e. The molecule has 0 aliphatic rings. The minimum Gasteiger partial charge on any atom is -0.351 e. The van der Waals surface area contributed by atoms with Gasteiger partial charge in [0.1, 0.15) is 16.9 Å². The summed E-state index contributed by atoms with van der Waals surface area (Å²) in [7, 11) is 0. The molecule has 2 aromatic carbocycles. The number of aryl methyl sites for hydroxylation is 1. The summed E-state index contributed by atoms with van der Waals surface area (Å²) in [6, 6.07) is 14.1. The first-order chi connectivity index (χ1) is 10.7. The summed E-state index contributed by atoms with van der Waals surface area (Å²) in [5.74, 6) is 0. The number of benzene rings is 2. The summed E-state index contributed by atoms with van der Waals surface area (Å²) in [5, 5.41) is 2.79. The molecule has 2 heterocycles. The lowest BCUT2D eigenvalue weighted by Gasteiger charge is -2.02. The Labute approximate surface area is 136 Å². The van der Waals surface area contributed by atoms with Crippen molar-refractivity contribution in [1.82, 2.24) is 15.0 Å². The first-order valence-electron chi connectivity index (χ1n) is 6.87. The largest absolute Gasteiger partial charge is 0.351 e. The van der Waals surface area contributed by atoms with Gasteiger partial charge in [-0.1, -0.05) is 35.0 Å². The van der Waals surface area contributed by atoms with Crippen LogP contribution in [-0.4, -0.2) is 15.0 Å². The fourth-order valence-corrected chi connectivity index (χ4v) is 3.45. The molecule has 0 spiro atoms. The van der Waals surface area contributed by atoms with Crippen LogP contribution in [0, 0.1) is 6.92 Å². The van der Waals surface area contributed by atoms with E-state index in [1.807, 2.05) is 24.3 Å². The van der Waals surface area contributed by atoms with Gasteiger partial charge in [-0.2, -0.15) is 0 Å². The topological polar surface area (TPSA) is 41.6 Å². The van der Waals surface area contributed by atoms with E-state index in [-0.39, 0.29) is 0 Å². The molecule has 0 radical (unpaired) electrons. The number of fused-ring (bicyclic) bond motifs is 3. The third-order valence-electron chi connectivity index (χ3n) is 3.53. The minimum atomic E-state index is 0.735. The van der Waals surface area contributed by atoms with Crippen molar-refractivity contribution in [3.05, 3.63) is 59.4 Å². The van der Waals surface area contributed by atoms with Crippen LogP contribution in [0.1, 0.15) is 5.56 Å². The van der Waals surface area contributed by atoms with Crippen LogP contribution in [0.4, 0.5) is 0 Å². The lowest BCUT2D eigenvalue weighted by molar-refractivity contribution is 1.09. The second-order valence-corrected chi connectivity index (χ2v) is 6.63. The summed E-state index contributed by atoms with van der Waals surface area (Å²) < 4.78 is 0. The molecule has 0 unspecified atom stereocenters. The van der Waals surface area contributed by atoms with Crippen molar-refractivity contribution < 1.29 is 0 Å². The Bertz CT molecular complexity index is 976. The molecular weight excluding hydrogens is 314 g/mol. The molecule has 0 saturated heterocycles. The molecule has 4 rings (SSSR count). The summed E-state index contributed by atoms with van der Waals surface area (Å²) in [6.07, 6.45) is 1.62. The molecule has 22 heavy (non-hydrogen) atoms. The number of hydrogen-bond acceptors (Lipinski definition) is 3. The zero-order valence-corrected chi connectivity index (χ0v) is 13.4. The molecule has 0 saturated carbocycles. The van der Waals surface area contributed by atoms with Crippen molar-refractivity contribution in [2.24, 2.45) is 0 Å². The van der Waals surface area contributed by atoms with Crippen molar-refractivity contribution in [1.29, 1.82) is 0 Å². The van der Waals surface area contributed by atoms with Gasteiger partial charge in [0.25, 0.3) is 0 Å². The average molecular weight is 326 g/mol. The van der Waals surface area contributed by atoms with Crippen molar-refractivity contribution in [2.75, 3.05) is 0 Å². The number of halogens is 1. The van der Waals surface area contributed by atoms with E-state index in [2.05, 4.69) is 40.1 Å². The molecule has 0 bridgehead atoms. The highest BCUT2D eigenvalue weighted by molar-refractivity contribution is 7.99. The van der Waals surface area contributed by atoms with Gasteiger partial charge in [-0.25, -0.2) is 9.97 Å². The van der Waals surface area contributed by atoms with Crippen molar-refractivity contribution in [2.45, 2.75) is 16.8 Å².